The molecule has 1 aliphatic carbocycles. The number of hydrogen-bond acceptors (Lipinski definition) is 3. The molecule has 0 bridgehead atoms. The third-order valence-electron chi connectivity index (χ3n) is 4.46. The van der Waals surface area contributed by atoms with Crippen LogP contribution in [0.5, 0.6) is 0 Å². The predicted molar refractivity (Wildman–Crippen MR) is 81.3 cm³/mol. The van der Waals surface area contributed by atoms with Crippen molar-refractivity contribution in [3.8, 4) is 0 Å². The molecule has 0 aromatic heterocycles. The molecule has 1 amide bonds. The van der Waals surface area contributed by atoms with E-state index >= 15 is 0 Å². The van der Waals surface area contributed by atoms with Gasteiger partial charge in [0.25, 0.3) is 5.91 Å². The van der Waals surface area contributed by atoms with E-state index in [0.29, 0.717) is 12.1 Å². The molecule has 0 unspecified atom stereocenters. The van der Waals surface area contributed by atoms with Crippen molar-refractivity contribution in [1.29, 1.82) is 0 Å². The highest BCUT2D eigenvalue weighted by molar-refractivity contribution is 7.89. The van der Waals surface area contributed by atoms with Crippen LogP contribution in [0, 0.1) is 5.41 Å². The minimum Gasteiger partial charge on any atom is -0.351 e. The second-order valence-electron chi connectivity index (χ2n) is 5.82. The van der Waals surface area contributed by atoms with E-state index in [1.54, 1.807) is 6.07 Å². The number of rotatable bonds is 5. The van der Waals surface area contributed by atoms with E-state index < -0.39 is 10.0 Å². The molecule has 5 nitrogen and oxygen atoms in total. The van der Waals surface area contributed by atoms with Crippen molar-refractivity contribution in [2.75, 3.05) is 6.54 Å². The van der Waals surface area contributed by atoms with Crippen molar-refractivity contribution in [2.24, 2.45) is 10.6 Å². The van der Waals surface area contributed by atoms with Gasteiger partial charge in [0, 0.05) is 12.1 Å². The van der Waals surface area contributed by atoms with Gasteiger partial charge in [0.15, 0.2) is 0 Å². The Hall–Kier alpha value is -1.40. The first-order chi connectivity index (χ1) is 9.86. The summed E-state index contributed by atoms with van der Waals surface area (Å²) in [5, 5.41) is 8.02. The number of primary sulfonamides is 1. The Morgan fingerprint density at radius 1 is 1.33 bits per heavy atom. The first-order valence-electron chi connectivity index (χ1n) is 7.27. The molecule has 1 aromatic carbocycles. The highest BCUT2D eigenvalue weighted by Gasteiger charge is 2.32. The maximum Gasteiger partial charge on any atom is 0.251 e. The summed E-state index contributed by atoms with van der Waals surface area (Å²) in [6, 6.07) is 5.83. The molecule has 1 aromatic rings. The first-order valence-corrected chi connectivity index (χ1v) is 8.82. The Kier molecular flexibility index (Phi) is 4.68. The number of nitrogens with two attached hydrogens (primary N) is 1. The first kappa shape index (κ1) is 16.0. The van der Waals surface area contributed by atoms with Crippen LogP contribution in [0.15, 0.2) is 29.2 Å². The number of nitrogens with one attached hydrogen (secondary N) is 1. The van der Waals surface area contributed by atoms with Crippen LogP contribution in [0.2, 0.25) is 0 Å². The third kappa shape index (κ3) is 3.83. The summed E-state index contributed by atoms with van der Waals surface area (Å²) in [6.45, 7) is 2.79. The smallest absolute Gasteiger partial charge is 0.251 e. The van der Waals surface area contributed by atoms with E-state index in [1.807, 2.05) is 0 Å². The number of carbonyl (C=O) groups excluding carboxylic acids is 1. The maximum atomic E-state index is 12.2. The van der Waals surface area contributed by atoms with Crippen LogP contribution in [0.3, 0.4) is 0 Å². The molecule has 0 heterocycles. The van der Waals surface area contributed by atoms with Gasteiger partial charge in [0.1, 0.15) is 0 Å². The fourth-order valence-electron chi connectivity index (χ4n) is 2.96. The van der Waals surface area contributed by atoms with Crippen LogP contribution < -0.4 is 10.5 Å². The zero-order valence-corrected chi connectivity index (χ0v) is 13.1. The fraction of sp³-hybridized carbons (Fsp3) is 0.533. The van der Waals surface area contributed by atoms with Gasteiger partial charge in [-0.25, -0.2) is 13.6 Å². The van der Waals surface area contributed by atoms with Crippen molar-refractivity contribution in [3.63, 3.8) is 0 Å². The lowest BCUT2D eigenvalue weighted by molar-refractivity contribution is 0.0928. The lowest BCUT2D eigenvalue weighted by Gasteiger charge is -2.27. The summed E-state index contributed by atoms with van der Waals surface area (Å²) in [7, 11) is -3.79. The van der Waals surface area contributed by atoms with E-state index in [4.69, 9.17) is 5.14 Å². The molecule has 3 N–H and O–H groups in total. The molecular weight excluding hydrogens is 288 g/mol. The van der Waals surface area contributed by atoms with Crippen LogP contribution in [0.25, 0.3) is 0 Å². The lowest BCUT2D eigenvalue weighted by Crippen LogP contribution is -2.35. The number of sulfonamides is 1. The zero-order valence-electron chi connectivity index (χ0n) is 12.3. The molecule has 1 fully saturated rings. The maximum absolute atomic E-state index is 12.2. The van der Waals surface area contributed by atoms with Crippen molar-refractivity contribution < 1.29 is 13.2 Å². The quantitative estimate of drug-likeness (QED) is 0.872. The normalized spacial score (nSPS) is 17.6. The summed E-state index contributed by atoms with van der Waals surface area (Å²) in [4.78, 5) is 12.2. The van der Waals surface area contributed by atoms with Gasteiger partial charge in [-0.15, -0.1) is 0 Å². The van der Waals surface area contributed by atoms with E-state index in [2.05, 4.69) is 12.2 Å². The summed E-state index contributed by atoms with van der Waals surface area (Å²) in [5.74, 6) is -0.250. The molecular formula is C15H22N2O3S. The lowest BCUT2D eigenvalue weighted by atomic mass is 9.83. The van der Waals surface area contributed by atoms with Crippen molar-refractivity contribution in [2.45, 2.75) is 43.9 Å². The number of benzene rings is 1. The van der Waals surface area contributed by atoms with Crippen LogP contribution >= 0.6 is 0 Å². The Balaban J connectivity index is 2.07. The number of hydrogen-bond donors (Lipinski definition) is 2. The largest absolute Gasteiger partial charge is 0.351 e. The Bertz CT molecular complexity index is 620. The van der Waals surface area contributed by atoms with Gasteiger partial charge in [0.05, 0.1) is 4.90 Å². The molecule has 0 aliphatic heterocycles. The Morgan fingerprint density at radius 2 is 2.00 bits per heavy atom. The van der Waals surface area contributed by atoms with Gasteiger partial charge in [-0.05, 0) is 42.9 Å². The second kappa shape index (κ2) is 6.15. The van der Waals surface area contributed by atoms with Crippen molar-refractivity contribution in [1.82, 2.24) is 5.32 Å². The number of amides is 1. The zero-order chi connectivity index (χ0) is 15.5. The molecule has 0 atom stereocenters. The van der Waals surface area contributed by atoms with Gasteiger partial charge in [-0.2, -0.15) is 0 Å². The SMILES string of the molecule is CCC1(CNC(=O)c2cccc(S(N)(=O)=O)c2)CCCC1. The number of carbonyl (C=O) groups is 1. The summed E-state index contributed by atoms with van der Waals surface area (Å²) >= 11 is 0. The molecule has 1 saturated carbocycles. The molecule has 6 heteroatoms. The van der Waals surface area contributed by atoms with Gasteiger partial charge in [-0.3, -0.25) is 4.79 Å². The van der Waals surface area contributed by atoms with Gasteiger partial charge in [0.2, 0.25) is 10.0 Å². The molecule has 2 rings (SSSR count). The van der Waals surface area contributed by atoms with Crippen LogP contribution in [0.1, 0.15) is 49.4 Å². The molecule has 0 saturated heterocycles. The van der Waals surface area contributed by atoms with Crippen LogP contribution in [0.4, 0.5) is 0 Å². The average Bonchev–Trinajstić information content (AvgIpc) is 2.93. The summed E-state index contributed by atoms with van der Waals surface area (Å²) in [5.41, 5.74) is 0.526. The minimum absolute atomic E-state index is 0.0405. The highest BCUT2D eigenvalue weighted by Crippen LogP contribution is 2.40. The fourth-order valence-corrected chi connectivity index (χ4v) is 3.52. The van der Waals surface area contributed by atoms with Gasteiger partial charge < -0.3 is 5.32 Å². The van der Waals surface area contributed by atoms with Crippen molar-refractivity contribution in [3.05, 3.63) is 29.8 Å². The van der Waals surface area contributed by atoms with Crippen LogP contribution in [-0.2, 0) is 10.0 Å². The third-order valence-corrected chi connectivity index (χ3v) is 5.37. The van der Waals surface area contributed by atoms with E-state index in [-0.39, 0.29) is 16.2 Å². The van der Waals surface area contributed by atoms with Crippen molar-refractivity contribution >= 4 is 15.9 Å². The standard InChI is InChI=1S/C15H22N2O3S/c1-2-15(8-3-4-9-15)11-17-14(18)12-6-5-7-13(10-12)21(16,19)20/h5-7,10H,2-4,8-9,11H2,1H3,(H,17,18)(H2,16,19,20). The predicted octanol–water partition coefficient (Wildman–Crippen LogP) is 2.03. The Labute approximate surface area is 126 Å². The van der Waals surface area contributed by atoms with Gasteiger partial charge >= 0.3 is 0 Å². The van der Waals surface area contributed by atoms with E-state index in [1.165, 1.54) is 31.0 Å². The van der Waals surface area contributed by atoms with E-state index in [9.17, 15) is 13.2 Å². The summed E-state index contributed by atoms with van der Waals surface area (Å²) in [6.07, 6.45) is 5.75. The van der Waals surface area contributed by atoms with E-state index in [0.717, 1.165) is 19.3 Å². The van der Waals surface area contributed by atoms with Crippen LogP contribution in [-0.4, -0.2) is 20.9 Å². The second-order valence-corrected chi connectivity index (χ2v) is 7.38. The molecule has 0 spiro atoms. The summed E-state index contributed by atoms with van der Waals surface area (Å²) < 4.78 is 22.6. The minimum atomic E-state index is -3.79. The topological polar surface area (TPSA) is 89.3 Å². The Morgan fingerprint density at radius 3 is 2.57 bits per heavy atom. The van der Waals surface area contributed by atoms with Gasteiger partial charge in [-0.1, -0.05) is 25.8 Å². The molecule has 21 heavy (non-hydrogen) atoms. The molecule has 0 radical (unpaired) electrons. The molecule has 116 valence electrons. The average molecular weight is 310 g/mol. The molecule has 1 aliphatic rings. The highest BCUT2D eigenvalue weighted by atomic mass is 32.2. The monoisotopic (exact) mass is 310 g/mol.